The van der Waals surface area contributed by atoms with Crippen molar-refractivity contribution in [2.24, 2.45) is 0 Å². The molecule has 0 spiro atoms. The lowest BCUT2D eigenvalue weighted by Gasteiger charge is -2.10. The Bertz CT molecular complexity index is 770. The van der Waals surface area contributed by atoms with Crippen LogP contribution in [0.3, 0.4) is 0 Å². The lowest BCUT2D eigenvalue weighted by atomic mass is 10.1. The maximum absolute atomic E-state index is 12.1. The van der Waals surface area contributed by atoms with E-state index < -0.39 is 5.97 Å². The van der Waals surface area contributed by atoms with Gasteiger partial charge in [-0.05, 0) is 43.2 Å². The van der Waals surface area contributed by atoms with E-state index >= 15 is 0 Å². The van der Waals surface area contributed by atoms with Crippen LogP contribution in [0.4, 0.5) is 5.69 Å². The van der Waals surface area contributed by atoms with Gasteiger partial charge < -0.3 is 20.3 Å². The Hall–Kier alpha value is -3.02. The van der Waals surface area contributed by atoms with E-state index in [9.17, 15) is 19.8 Å². The quantitative estimate of drug-likeness (QED) is 0.757. The molecule has 0 saturated heterocycles. The highest BCUT2D eigenvalue weighted by atomic mass is 16.5. The van der Waals surface area contributed by atoms with Crippen LogP contribution in [0.1, 0.15) is 27.9 Å². The van der Waals surface area contributed by atoms with Gasteiger partial charge in [0.15, 0.2) is 11.5 Å². The van der Waals surface area contributed by atoms with Crippen LogP contribution in [0.25, 0.3) is 0 Å². The molecule has 0 aliphatic rings. The van der Waals surface area contributed by atoms with Crippen LogP contribution in [0.2, 0.25) is 0 Å². The van der Waals surface area contributed by atoms with E-state index in [2.05, 4.69) is 5.32 Å². The molecule has 0 aromatic heterocycles. The summed E-state index contributed by atoms with van der Waals surface area (Å²) in [4.78, 5) is 23.3. The molecule has 2 aromatic carbocycles. The molecule has 0 aliphatic carbocycles. The average Bonchev–Trinajstić information content (AvgIpc) is 2.55. The van der Waals surface area contributed by atoms with Gasteiger partial charge in [0.2, 0.25) is 5.91 Å². The number of aromatic carboxylic acids is 1. The Labute approximate surface area is 139 Å². The Kier molecular flexibility index (Phi) is 5.42. The number of anilines is 1. The topological polar surface area (TPSA) is 95.9 Å². The van der Waals surface area contributed by atoms with E-state index in [1.165, 1.54) is 19.2 Å². The number of carboxylic acid groups (broad SMARTS) is 1. The highest BCUT2D eigenvalue weighted by Crippen LogP contribution is 2.26. The third kappa shape index (κ3) is 4.25. The van der Waals surface area contributed by atoms with Crippen LogP contribution in [0.15, 0.2) is 36.4 Å². The average molecular weight is 329 g/mol. The molecule has 0 unspecified atom stereocenters. The first kappa shape index (κ1) is 17.3. The van der Waals surface area contributed by atoms with Gasteiger partial charge in [0.25, 0.3) is 0 Å². The largest absolute Gasteiger partial charge is 0.504 e. The second kappa shape index (κ2) is 7.50. The standard InChI is InChI=1S/C18H19NO5/c1-11-3-6-14(13(9-11)18(22)23)19-17(21)8-5-12-4-7-15(20)16(10-12)24-2/h3-4,6-7,9-10,20H,5,8H2,1-2H3,(H,19,21)(H,22,23). The number of carbonyl (C=O) groups excluding carboxylic acids is 1. The molecular formula is C18H19NO5. The van der Waals surface area contributed by atoms with E-state index in [0.717, 1.165) is 11.1 Å². The second-order valence-electron chi connectivity index (χ2n) is 5.41. The molecule has 126 valence electrons. The van der Waals surface area contributed by atoms with Gasteiger partial charge in [-0.15, -0.1) is 0 Å². The zero-order chi connectivity index (χ0) is 17.7. The molecule has 0 saturated carbocycles. The van der Waals surface area contributed by atoms with Crippen LogP contribution >= 0.6 is 0 Å². The number of carboxylic acids is 1. The van der Waals surface area contributed by atoms with Crippen molar-refractivity contribution >= 4 is 17.6 Å². The Balaban J connectivity index is 2.03. The van der Waals surface area contributed by atoms with E-state index in [-0.39, 0.29) is 29.3 Å². The predicted octanol–water partition coefficient (Wildman–Crippen LogP) is 2.98. The number of rotatable bonds is 6. The van der Waals surface area contributed by atoms with Crippen LogP contribution in [0.5, 0.6) is 11.5 Å². The van der Waals surface area contributed by atoms with Gasteiger partial charge in [-0.3, -0.25) is 4.79 Å². The number of ether oxygens (including phenoxy) is 1. The molecule has 3 N–H and O–H groups in total. The summed E-state index contributed by atoms with van der Waals surface area (Å²) in [6.45, 7) is 1.79. The highest BCUT2D eigenvalue weighted by Gasteiger charge is 2.13. The first-order valence-corrected chi connectivity index (χ1v) is 7.40. The third-order valence-corrected chi connectivity index (χ3v) is 3.56. The maximum atomic E-state index is 12.1. The lowest BCUT2D eigenvalue weighted by Crippen LogP contribution is -2.15. The van der Waals surface area contributed by atoms with Crippen molar-refractivity contribution in [2.75, 3.05) is 12.4 Å². The molecule has 6 heteroatoms. The molecule has 0 aliphatic heterocycles. The van der Waals surface area contributed by atoms with Crippen molar-refractivity contribution in [2.45, 2.75) is 19.8 Å². The summed E-state index contributed by atoms with van der Waals surface area (Å²) in [6.07, 6.45) is 0.623. The fraction of sp³-hybridized carbons (Fsp3) is 0.222. The Morgan fingerprint density at radius 3 is 2.58 bits per heavy atom. The fourth-order valence-electron chi connectivity index (χ4n) is 2.29. The number of phenolic OH excluding ortho intramolecular Hbond substituents is 1. The molecular weight excluding hydrogens is 310 g/mol. The Morgan fingerprint density at radius 1 is 1.17 bits per heavy atom. The number of phenols is 1. The number of benzene rings is 2. The molecule has 24 heavy (non-hydrogen) atoms. The normalized spacial score (nSPS) is 10.2. The zero-order valence-electron chi connectivity index (χ0n) is 13.5. The minimum atomic E-state index is -1.09. The highest BCUT2D eigenvalue weighted by molar-refractivity contribution is 6.00. The van der Waals surface area contributed by atoms with E-state index in [4.69, 9.17) is 4.74 Å². The van der Waals surface area contributed by atoms with Crippen molar-refractivity contribution in [3.05, 3.63) is 53.1 Å². The van der Waals surface area contributed by atoms with Gasteiger partial charge in [0.05, 0.1) is 18.4 Å². The number of aryl methyl sites for hydroxylation is 2. The lowest BCUT2D eigenvalue weighted by molar-refractivity contribution is -0.116. The molecule has 0 radical (unpaired) electrons. The van der Waals surface area contributed by atoms with Crippen LogP contribution < -0.4 is 10.1 Å². The Morgan fingerprint density at radius 2 is 1.92 bits per heavy atom. The molecule has 0 fully saturated rings. The number of carbonyl (C=O) groups is 2. The van der Waals surface area contributed by atoms with Crippen molar-refractivity contribution in [1.82, 2.24) is 0 Å². The molecule has 1 amide bonds. The van der Waals surface area contributed by atoms with Gasteiger partial charge in [0.1, 0.15) is 0 Å². The van der Waals surface area contributed by atoms with Gasteiger partial charge in [0, 0.05) is 6.42 Å². The second-order valence-corrected chi connectivity index (χ2v) is 5.41. The van der Waals surface area contributed by atoms with Gasteiger partial charge in [-0.25, -0.2) is 4.79 Å². The molecule has 2 rings (SSSR count). The van der Waals surface area contributed by atoms with Crippen molar-refractivity contribution < 1.29 is 24.5 Å². The van der Waals surface area contributed by atoms with E-state index in [0.29, 0.717) is 12.2 Å². The predicted molar refractivity (Wildman–Crippen MR) is 89.7 cm³/mol. The van der Waals surface area contributed by atoms with Gasteiger partial charge in [-0.2, -0.15) is 0 Å². The van der Waals surface area contributed by atoms with Crippen molar-refractivity contribution in [3.63, 3.8) is 0 Å². The SMILES string of the molecule is COc1cc(CCC(=O)Nc2ccc(C)cc2C(=O)O)ccc1O. The number of aromatic hydroxyl groups is 1. The fourth-order valence-corrected chi connectivity index (χ4v) is 2.29. The molecule has 0 bridgehead atoms. The monoisotopic (exact) mass is 329 g/mol. The zero-order valence-corrected chi connectivity index (χ0v) is 13.5. The number of nitrogens with one attached hydrogen (secondary N) is 1. The van der Waals surface area contributed by atoms with Crippen LogP contribution in [-0.2, 0) is 11.2 Å². The van der Waals surface area contributed by atoms with Crippen LogP contribution in [0, 0.1) is 6.92 Å². The molecule has 2 aromatic rings. The number of hydrogen-bond acceptors (Lipinski definition) is 4. The number of amides is 1. The first-order chi connectivity index (χ1) is 11.4. The van der Waals surface area contributed by atoms with Crippen LogP contribution in [-0.4, -0.2) is 29.2 Å². The smallest absolute Gasteiger partial charge is 0.337 e. The summed E-state index contributed by atoms with van der Waals surface area (Å²) in [6, 6.07) is 9.72. The van der Waals surface area contributed by atoms with E-state index in [1.54, 1.807) is 31.2 Å². The molecule has 6 nitrogen and oxygen atoms in total. The summed E-state index contributed by atoms with van der Waals surface area (Å²) in [5.41, 5.74) is 1.99. The summed E-state index contributed by atoms with van der Waals surface area (Å²) in [7, 11) is 1.45. The third-order valence-electron chi connectivity index (χ3n) is 3.56. The summed E-state index contributed by atoms with van der Waals surface area (Å²) < 4.78 is 5.03. The summed E-state index contributed by atoms with van der Waals surface area (Å²) >= 11 is 0. The molecule has 0 atom stereocenters. The van der Waals surface area contributed by atoms with Crippen molar-refractivity contribution in [3.8, 4) is 11.5 Å². The summed E-state index contributed by atoms with van der Waals surface area (Å²) in [5.74, 6) is -0.985. The van der Waals surface area contributed by atoms with E-state index in [1.807, 2.05) is 0 Å². The minimum Gasteiger partial charge on any atom is -0.504 e. The summed E-state index contributed by atoms with van der Waals surface area (Å²) in [5, 5.41) is 21.4. The molecule has 0 heterocycles. The van der Waals surface area contributed by atoms with Gasteiger partial charge in [-0.1, -0.05) is 17.7 Å². The number of hydrogen-bond donors (Lipinski definition) is 3. The first-order valence-electron chi connectivity index (χ1n) is 7.40. The number of methoxy groups -OCH3 is 1. The van der Waals surface area contributed by atoms with Gasteiger partial charge >= 0.3 is 5.97 Å². The van der Waals surface area contributed by atoms with Crippen molar-refractivity contribution in [1.29, 1.82) is 0 Å². The maximum Gasteiger partial charge on any atom is 0.337 e. The minimum absolute atomic E-state index is 0.0384.